The van der Waals surface area contributed by atoms with Gasteiger partial charge in [0.05, 0.1) is 6.10 Å². The summed E-state index contributed by atoms with van der Waals surface area (Å²) < 4.78 is 0. The van der Waals surface area contributed by atoms with E-state index in [0.717, 1.165) is 12.8 Å². The zero-order valence-corrected chi connectivity index (χ0v) is 7.11. The smallest absolute Gasteiger partial charge is 0.0608 e. The van der Waals surface area contributed by atoms with E-state index in [4.69, 9.17) is 0 Å². The molecule has 12 heavy (non-hydrogen) atoms. The van der Waals surface area contributed by atoms with Crippen molar-refractivity contribution in [2.45, 2.75) is 31.3 Å². The summed E-state index contributed by atoms with van der Waals surface area (Å²) in [5.41, 5.74) is 1.29. The van der Waals surface area contributed by atoms with Crippen molar-refractivity contribution in [2.24, 2.45) is 0 Å². The molecular formula is C11H14O. The highest BCUT2D eigenvalue weighted by molar-refractivity contribution is 5.21. The molecule has 1 aliphatic rings. The van der Waals surface area contributed by atoms with Gasteiger partial charge in [0.25, 0.3) is 0 Å². The first-order chi connectivity index (χ1) is 5.88. The fourth-order valence-corrected chi connectivity index (χ4v) is 2.03. The van der Waals surface area contributed by atoms with Crippen LogP contribution in [0, 0.1) is 0 Å². The third-order valence-electron chi connectivity index (χ3n) is 2.71. The van der Waals surface area contributed by atoms with Gasteiger partial charge in [-0.05, 0) is 18.4 Å². The van der Waals surface area contributed by atoms with Gasteiger partial charge in [0.15, 0.2) is 0 Å². The molecule has 64 valence electrons. The molecule has 0 aromatic heterocycles. The van der Waals surface area contributed by atoms with Crippen molar-refractivity contribution in [2.75, 3.05) is 0 Å². The van der Waals surface area contributed by atoms with Gasteiger partial charge in [-0.3, -0.25) is 0 Å². The SMILES string of the molecule is O[C@H]1CCC[C@H]1c1ccccc1. The van der Waals surface area contributed by atoms with Gasteiger partial charge in [0.2, 0.25) is 0 Å². The summed E-state index contributed by atoms with van der Waals surface area (Å²) in [6.45, 7) is 0. The van der Waals surface area contributed by atoms with Crippen LogP contribution in [-0.2, 0) is 0 Å². The summed E-state index contributed by atoms with van der Waals surface area (Å²) in [6.07, 6.45) is 3.18. The van der Waals surface area contributed by atoms with E-state index in [1.54, 1.807) is 0 Å². The monoisotopic (exact) mass is 162 g/mol. The quantitative estimate of drug-likeness (QED) is 0.672. The predicted octanol–water partition coefficient (Wildman–Crippen LogP) is 2.32. The summed E-state index contributed by atoms with van der Waals surface area (Å²) >= 11 is 0. The second-order valence-corrected chi connectivity index (χ2v) is 3.52. The molecule has 2 atom stereocenters. The van der Waals surface area contributed by atoms with Crippen LogP contribution < -0.4 is 0 Å². The van der Waals surface area contributed by atoms with Gasteiger partial charge in [0, 0.05) is 5.92 Å². The molecule has 1 aromatic carbocycles. The van der Waals surface area contributed by atoms with Gasteiger partial charge in [0.1, 0.15) is 0 Å². The molecule has 0 bridgehead atoms. The Bertz CT molecular complexity index is 242. The van der Waals surface area contributed by atoms with Gasteiger partial charge >= 0.3 is 0 Å². The fraction of sp³-hybridized carbons (Fsp3) is 0.455. The Balaban J connectivity index is 2.19. The highest BCUT2D eigenvalue weighted by Crippen LogP contribution is 2.34. The van der Waals surface area contributed by atoms with Crippen LogP contribution in [0.4, 0.5) is 0 Å². The Kier molecular flexibility index (Phi) is 2.13. The number of hydrogen-bond acceptors (Lipinski definition) is 1. The van der Waals surface area contributed by atoms with Crippen LogP contribution in [0.15, 0.2) is 30.3 Å². The number of aliphatic hydroxyl groups is 1. The van der Waals surface area contributed by atoms with E-state index in [-0.39, 0.29) is 6.10 Å². The molecule has 0 spiro atoms. The van der Waals surface area contributed by atoms with Crippen LogP contribution >= 0.6 is 0 Å². The molecule has 0 unspecified atom stereocenters. The van der Waals surface area contributed by atoms with E-state index >= 15 is 0 Å². The molecular weight excluding hydrogens is 148 g/mol. The van der Waals surface area contributed by atoms with Crippen molar-refractivity contribution in [3.8, 4) is 0 Å². The normalized spacial score (nSPS) is 29.1. The lowest BCUT2D eigenvalue weighted by molar-refractivity contribution is 0.164. The first kappa shape index (κ1) is 7.81. The lowest BCUT2D eigenvalue weighted by atomic mass is 9.96. The summed E-state index contributed by atoms with van der Waals surface area (Å²) in [5.74, 6) is 0.395. The molecule has 1 aliphatic carbocycles. The summed E-state index contributed by atoms with van der Waals surface area (Å²) in [5, 5.41) is 9.64. The number of aliphatic hydroxyl groups excluding tert-OH is 1. The maximum atomic E-state index is 9.64. The van der Waals surface area contributed by atoms with Crippen LogP contribution in [0.5, 0.6) is 0 Å². The minimum absolute atomic E-state index is 0.104. The van der Waals surface area contributed by atoms with E-state index < -0.39 is 0 Å². The summed E-state index contributed by atoms with van der Waals surface area (Å²) in [7, 11) is 0. The molecule has 1 aromatic rings. The van der Waals surface area contributed by atoms with Crippen molar-refractivity contribution < 1.29 is 5.11 Å². The van der Waals surface area contributed by atoms with Crippen molar-refractivity contribution in [3.63, 3.8) is 0 Å². The van der Waals surface area contributed by atoms with Crippen molar-refractivity contribution in [1.82, 2.24) is 0 Å². The molecule has 0 amide bonds. The van der Waals surface area contributed by atoms with Crippen LogP contribution in [0.3, 0.4) is 0 Å². The molecule has 0 aliphatic heterocycles. The lowest BCUT2D eigenvalue weighted by Crippen LogP contribution is -2.10. The second kappa shape index (κ2) is 3.28. The Morgan fingerprint density at radius 1 is 1.08 bits per heavy atom. The van der Waals surface area contributed by atoms with Crippen molar-refractivity contribution >= 4 is 0 Å². The molecule has 0 radical (unpaired) electrons. The van der Waals surface area contributed by atoms with Crippen molar-refractivity contribution in [3.05, 3.63) is 35.9 Å². The first-order valence-corrected chi connectivity index (χ1v) is 4.61. The highest BCUT2D eigenvalue weighted by atomic mass is 16.3. The highest BCUT2D eigenvalue weighted by Gasteiger charge is 2.25. The fourth-order valence-electron chi connectivity index (χ4n) is 2.03. The zero-order valence-electron chi connectivity index (χ0n) is 7.11. The minimum atomic E-state index is -0.104. The molecule has 1 heteroatoms. The zero-order chi connectivity index (χ0) is 8.39. The molecule has 1 saturated carbocycles. The van der Waals surface area contributed by atoms with Crippen molar-refractivity contribution in [1.29, 1.82) is 0 Å². The van der Waals surface area contributed by atoms with Gasteiger partial charge < -0.3 is 5.11 Å². The van der Waals surface area contributed by atoms with Gasteiger partial charge in [-0.25, -0.2) is 0 Å². The number of rotatable bonds is 1. The standard InChI is InChI=1S/C11H14O/c12-11-8-4-7-10(11)9-5-2-1-3-6-9/h1-3,5-6,10-12H,4,7-8H2/t10-,11-/m0/s1. The van der Waals surface area contributed by atoms with E-state index in [0.29, 0.717) is 5.92 Å². The Morgan fingerprint density at radius 2 is 1.83 bits per heavy atom. The average molecular weight is 162 g/mol. The van der Waals surface area contributed by atoms with Crippen LogP contribution in [0.1, 0.15) is 30.7 Å². The van der Waals surface area contributed by atoms with E-state index in [9.17, 15) is 5.11 Å². The van der Waals surface area contributed by atoms with E-state index in [2.05, 4.69) is 12.1 Å². The minimum Gasteiger partial charge on any atom is -0.392 e. The molecule has 0 heterocycles. The average Bonchev–Trinajstić information content (AvgIpc) is 2.53. The number of hydrogen-bond donors (Lipinski definition) is 1. The molecule has 0 saturated heterocycles. The Hall–Kier alpha value is -0.820. The van der Waals surface area contributed by atoms with E-state index in [1.807, 2.05) is 18.2 Å². The number of benzene rings is 1. The van der Waals surface area contributed by atoms with Gasteiger partial charge in [-0.15, -0.1) is 0 Å². The Morgan fingerprint density at radius 3 is 2.42 bits per heavy atom. The van der Waals surface area contributed by atoms with Crippen LogP contribution in [0.2, 0.25) is 0 Å². The van der Waals surface area contributed by atoms with E-state index in [1.165, 1.54) is 12.0 Å². The lowest BCUT2D eigenvalue weighted by Gasteiger charge is -2.13. The van der Waals surface area contributed by atoms with Crippen LogP contribution in [-0.4, -0.2) is 11.2 Å². The Labute approximate surface area is 73.0 Å². The summed E-state index contributed by atoms with van der Waals surface area (Å²) in [6, 6.07) is 10.3. The maximum Gasteiger partial charge on any atom is 0.0608 e. The maximum absolute atomic E-state index is 9.64. The topological polar surface area (TPSA) is 20.2 Å². The third-order valence-corrected chi connectivity index (χ3v) is 2.71. The molecule has 1 fully saturated rings. The summed E-state index contributed by atoms with van der Waals surface area (Å²) in [4.78, 5) is 0. The van der Waals surface area contributed by atoms with Gasteiger partial charge in [-0.2, -0.15) is 0 Å². The second-order valence-electron chi connectivity index (χ2n) is 3.52. The van der Waals surface area contributed by atoms with Gasteiger partial charge in [-0.1, -0.05) is 36.8 Å². The predicted molar refractivity (Wildman–Crippen MR) is 49.0 cm³/mol. The molecule has 2 rings (SSSR count). The first-order valence-electron chi connectivity index (χ1n) is 4.61. The van der Waals surface area contributed by atoms with Crippen LogP contribution in [0.25, 0.3) is 0 Å². The largest absolute Gasteiger partial charge is 0.392 e. The molecule has 1 nitrogen and oxygen atoms in total. The molecule has 1 N–H and O–H groups in total. The third kappa shape index (κ3) is 1.37.